The Labute approximate surface area is 137 Å². The number of benzene rings is 2. The number of H-pyrrole nitrogens is 1. The molecule has 0 unspecified atom stereocenters. The molecule has 0 fully saturated rings. The first-order valence-corrected chi connectivity index (χ1v) is 7.40. The highest BCUT2D eigenvalue weighted by Crippen LogP contribution is 2.21. The van der Waals surface area contributed by atoms with Crippen LogP contribution in [0.15, 0.2) is 42.5 Å². The zero-order valence-corrected chi connectivity index (χ0v) is 13.2. The quantitative estimate of drug-likeness (QED) is 0.685. The maximum atomic E-state index is 13.6. The first-order valence-electron chi connectivity index (χ1n) is 7.40. The second-order valence-electron chi connectivity index (χ2n) is 5.60. The van der Waals surface area contributed by atoms with Gasteiger partial charge < -0.3 is 15.6 Å². The zero-order valence-electron chi connectivity index (χ0n) is 13.2. The first-order chi connectivity index (χ1) is 11.4. The van der Waals surface area contributed by atoms with Gasteiger partial charge in [-0.25, -0.2) is 4.39 Å². The summed E-state index contributed by atoms with van der Waals surface area (Å²) < 4.78 is 13.6. The number of fused-ring (bicyclic) bond motifs is 1. The highest BCUT2D eigenvalue weighted by Gasteiger charge is 2.12. The Morgan fingerprint density at radius 2 is 1.83 bits per heavy atom. The van der Waals surface area contributed by atoms with E-state index in [2.05, 4.69) is 15.6 Å². The lowest BCUT2D eigenvalue weighted by Crippen LogP contribution is -2.13. The summed E-state index contributed by atoms with van der Waals surface area (Å²) in [6, 6.07) is 11.6. The molecule has 0 atom stereocenters. The van der Waals surface area contributed by atoms with E-state index < -0.39 is 5.82 Å². The lowest BCUT2D eigenvalue weighted by molar-refractivity contribution is -0.114. The van der Waals surface area contributed by atoms with E-state index in [4.69, 9.17) is 0 Å². The predicted octanol–water partition coefficient (Wildman–Crippen LogP) is 3.83. The number of rotatable bonds is 3. The second kappa shape index (κ2) is 6.16. The van der Waals surface area contributed by atoms with Gasteiger partial charge >= 0.3 is 0 Å². The largest absolute Gasteiger partial charge is 0.351 e. The summed E-state index contributed by atoms with van der Waals surface area (Å²) in [5, 5.41) is 6.00. The van der Waals surface area contributed by atoms with Crippen LogP contribution in [-0.2, 0) is 4.79 Å². The molecule has 5 nitrogen and oxygen atoms in total. The Balaban J connectivity index is 1.84. The maximum absolute atomic E-state index is 13.6. The Morgan fingerprint density at radius 3 is 2.58 bits per heavy atom. The van der Waals surface area contributed by atoms with Crippen LogP contribution in [-0.4, -0.2) is 16.8 Å². The molecule has 3 aromatic rings. The number of aryl methyl sites for hydroxylation is 1. The van der Waals surface area contributed by atoms with Crippen molar-refractivity contribution >= 4 is 34.1 Å². The molecule has 24 heavy (non-hydrogen) atoms. The number of anilines is 2. The third-order valence-electron chi connectivity index (χ3n) is 3.56. The van der Waals surface area contributed by atoms with Gasteiger partial charge in [0.05, 0.1) is 5.69 Å². The molecule has 1 aromatic heterocycles. The molecule has 6 heteroatoms. The van der Waals surface area contributed by atoms with Gasteiger partial charge in [0.15, 0.2) is 0 Å². The summed E-state index contributed by atoms with van der Waals surface area (Å²) >= 11 is 0. The van der Waals surface area contributed by atoms with Crippen LogP contribution >= 0.6 is 0 Å². The molecule has 3 rings (SSSR count). The Hall–Kier alpha value is -3.15. The summed E-state index contributed by atoms with van der Waals surface area (Å²) in [5.74, 6) is -1.29. The summed E-state index contributed by atoms with van der Waals surface area (Å²) in [4.78, 5) is 26.5. The van der Waals surface area contributed by atoms with Crippen LogP contribution in [0.3, 0.4) is 0 Å². The van der Waals surface area contributed by atoms with Crippen molar-refractivity contribution in [2.75, 3.05) is 10.6 Å². The average Bonchev–Trinajstić information content (AvgIpc) is 2.93. The molecule has 2 amide bonds. The van der Waals surface area contributed by atoms with Crippen LogP contribution in [0.25, 0.3) is 10.9 Å². The Bertz CT molecular complexity index is 947. The first kappa shape index (κ1) is 15.7. The molecule has 1 heterocycles. The molecule has 3 N–H and O–H groups in total. The van der Waals surface area contributed by atoms with Gasteiger partial charge in [0.1, 0.15) is 11.5 Å². The molecule has 0 aliphatic carbocycles. The zero-order chi connectivity index (χ0) is 17.3. The highest BCUT2D eigenvalue weighted by molar-refractivity contribution is 6.06. The summed E-state index contributed by atoms with van der Waals surface area (Å²) in [5.41, 5.74) is 2.78. The summed E-state index contributed by atoms with van der Waals surface area (Å²) in [6.45, 7) is 3.26. The molecule has 0 saturated heterocycles. The number of hydrogen-bond donors (Lipinski definition) is 3. The second-order valence-corrected chi connectivity index (χ2v) is 5.60. The number of aromatic amines is 1. The Morgan fingerprint density at radius 1 is 1.04 bits per heavy atom. The van der Waals surface area contributed by atoms with E-state index >= 15 is 0 Å². The van der Waals surface area contributed by atoms with Crippen molar-refractivity contribution in [1.29, 1.82) is 0 Å². The van der Waals surface area contributed by atoms with Crippen LogP contribution in [0.1, 0.15) is 23.0 Å². The van der Waals surface area contributed by atoms with Crippen molar-refractivity contribution in [3.8, 4) is 0 Å². The van der Waals surface area contributed by atoms with E-state index in [9.17, 15) is 14.0 Å². The summed E-state index contributed by atoms with van der Waals surface area (Å²) in [6.07, 6.45) is 0. The van der Waals surface area contributed by atoms with Crippen molar-refractivity contribution < 1.29 is 14.0 Å². The van der Waals surface area contributed by atoms with E-state index in [0.29, 0.717) is 11.4 Å². The van der Waals surface area contributed by atoms with E-state index in [-0.39, 0.29) is 17.5 Å². The minimum atomic E-state index is -0.565. The normalized spacial score (nSPS) is 10.6. The van der Waals surface area contributed by atoms with Gasteiger partial charge in [-0.15, -0.1) is 0 Å². The molecule has 0 aliphatic heterocycles. The number of carbonyl (C=O) groups is 2. The average molecular weight is 325 g/mol. The van der Waals surface area contributed by atoms with E-state index in [1.165, 1.54) is 25.1 Å². The minimum absolute atomic E-state index is 0.0209. The lowest BCUT2D eigenvalue weighted by Gasteiger charge is -2.08. The molecular weight excluding hydrogens is 309 g/mol. The van der Waals surface area contributed by atoms with E-state index in [0.717, 1.165) is 16.5 Å². The highest BCUT2D eigenvalue weighted by atomic mass is 19.1. The molecule has 0 aliphatic rings. The third kappa shape index (κ3) is 3.27. The molecule has 122 valence electrons. The van der Waals surface area contributed by atoms with Crippen LogP contribution in [0, 0.1) is 12.7 Å². The molecule has 2 aromatic carbocycles. The van der Waals surface area contributed by atoms with Crippen molar-refractivity contribution in [3.05, 3.63) is 59.5 Å². The SMILES string of the molecule is CC(=O)Nc1cc(NC(=O)c2cc3ccc(C)cc3[nH]2)ccc1F. The summed E-state index contributed by atoms with van der Waals surface area (Å²) in [7, 11) is 0. The molecule has 0 bridgehead atoms. The smallest absolute Gasteiger partial charge is 0.272 e. The van der Waals surface area contributed by atoms with Crippen molar-refractivity contribution in [2.24, 2.45) is 0 Å². The van der Waals surface area contributed by atoms with Gasteiger partial charge in [-0.2, -0.15) is 0 Å². The number of halogens is 1. The van der Waals surface area contributed by atoms with Crippen molar-refractivity contribution in [3.63, 3.8) is 0 Å². The maximum Gasteiger partial charge on any atom is 0.272 e. The number of hydrogen-bond acceptors (Lipinski definition) is 2. The number of amides is 2. The van der Waals surface area contributed by atoms with Crippen molar-refractivity contribution in [2.45, 2.75) is 13.8 Å². The fourth-order valence-corrected chi connectivity index (χ4v) is 2.45. The van der Waals surface area contributed by atoms with E-state index in [1.54, 1.807) is 6.07 Å². The third-order valence-corrected chi connectivity index (χ3v) is 3.56. The number of nitrogens with one attached hydrogen (secondary N) is 3. The lowest BCUT2D eigenvalue weighted by atomic mass is 10.2. The molecule has 0 saturated carbocycles. The van der Waals surface area contributed by atoms with Gasteiger partial charge in [0.25, 0.3) is 5.91 Å². The van der Waals surface area contributed by atoms with Crippen molar-refractivity contribution in [1.82, 2.24) is 4.98 Å². The van der Waals surface area contributed by atoms with Crippen LogP contribution < -0.4 is 10.6 Å². The topological polar surface area (TPSA) is 74.0 Å². The number of aromatic nitrogens is 1. The molecule has 0 spiro atoms. The predicted molar refractivity (Wildman–Crippen MR) is 91.7 cm³/mol. The van der Waals surface area contributed by atoms with Gasteiger partial charge in [-0.3, -0.25) is 9.59 Å². The number of carbonyl (C=O) groups excluding carboxylic acids is 2. The fourth-order valence-electron chi connectivity index (χ4n) is 2.45. The van der Waals surface area contributed by atoms with Gasteiger partial charge in [-0.1, -0.05) is 12.1 Å². The van der Waals surface area contributed by atoms with Gasteiger partial charge in [0.2, 0.25) is 5.91 Å². The monoisotopic (exact) mass is 325 g/mol. The van der Waals surface area contributed by atoms with Crippen LogP contribution in [0.5, 0.6) is 0 Å². The van der Waals surface area contributed by atoms with Gasteiger partial charge in [0, 0.05) is 23.5 Å². The van der Waals surface area contributed by atoms with Gasteiger partial charge in [-0.05, 0) is 42.8 Å². The van der Waals surface area contributed by atoms with Crippen LogP contribution in [0.2, 0.25) is 0 Å². The van der Waals surface area contributed by atoms with Crippen LogP contribution in [0.4, 0.5) is 15.8 Å². The standard InChI is InChI=1S/C18H16FN3O2/c1-10-3-4-12-8-17(22-15(12)7-10)18(24)21-13-5-6-14(19)16(9-13)20-11(2)23/h3-9,22H,1-2H3,(H,20,23)(H,21,24). The fraction of sp³-hybridized carbons (Fsp3) is 0.111. The minimum Gasteiger partial charge on any atom is -0.351 e. The molecular formula is C18H16FN3O2. The Kier molecular flexibility index (Phi) is 4.04. The molecule has 0 radical (unpaired) electrons. The van der Waals surface area contributed by atoms with E-state index in [1.807, 2.05) is 25.1 Å².